The Labute approximate surface area is 70.9 Å². The Morgan fingerprint density at radius 1 is 1.55 bits per heavy atom. The van der Waals surface area contributed by atoms with Gasteiger partial charge in [0.2, 0.25) is 0 Å². The first kappa shape index (κ1) is 8.01. The number of phenols is 1. The lowest BCUT2D eigenvalue weighted by atomic mass is 10.2. The molecule has 2 N–H and O–H groups in total. The van der Waals surface area contributed by atoms with E-state index in [9.17, 15) is 5.11 Å². The Hall–Kier alpha value is -1.09. The fourth-order valence-electron chi connectivity index (χ4n) is 0.843. The normalized spacial score (nSPS) is 9.18. The van der Waals surface area contributed by atoms with Gasteiger partial charge in [0.1, 0.15) is 5.75 Å². The van der Waals surface area contributed by atoms with Crippen molar-refractivity contribution >= 4 is 23.4 Å². The Morgan fingerprint density at radius 2 is 2.27 bits per heavy atom. The average molecular weight is 167 g/mol. The minimum absolute atomic E-state index is 0.284. The third-order valence-corrected chi connectivity index (χ3v) is 1.64. The molecule has 0 fully saturated rings. The van der Waals surface area contributed by atoms with E-state index in [1.165, 1.54) is 5.49 Å². The van der Waals surface area contributed by atoms with Gasteiger partial charge in [0, 0.05) is 11.3 Å². The third-order valence-electron chi connectivity index (χ3n) is 1.52. The zero-order chi connectivity index (χ0) is 8.27. The Morgan fingerprint density at radius 3 is 2.91 bits per heavy atom. The van der Waals surface area contributed by atoms with Crippen molar-refractivity contribution in [2.75, 3.05) is 5.32 Å². The zero-order valence-corrected chi connectivity index (χ0v) is 6.98. The molecule has 0 saturated carbocycles. The molecule has 2 nitrogen and oxygen atoms in total. The first-order chi connectivity index (χ1) is 5.25. The first-order valence-electron chi connectivity index (χ1n) is 3.24. The van der Waals surface area contributed by atoms with Crippen LogP contribution in [0.2, 0.25) is 0 Å². The monoisotopic (exact) mass is 167 g/mol. The van der Waals surface area contributed by atoms with Crippen molar-refractivity contribution in [3.05, 3.63) is 23.8 Å². The maximum atomic E-state index is 9.24. The van der Waals surface area contributed by atoms with Crippen molar-refractivity contribution in [3.63, 3.8) is 0 Å². The lowest BCUT2D eigenvalue weighted by Gasteiger charge is -2.04. The number of hydrogen-bond acceptors (Lipinski definition) is 2. The molecule has 0 saturated heterocycles. The maximum absolute atomic E-state index is 9.24. The molecule has 0 bridgehead atoms. The molecule has 58 valence electrons. The van der Waals surface area contributed by atoms with E-state index in [-0.39, 0.29) is 5.75 Å². The predicted octanol–water partition coefficient (Wildman–Crippen LogP) is 2.07. The number of rotatable bonds is 2. The molecule has 0 aliphatic heterocycles. The highest BCUT2D eigenvalue weighted by Gasteiger charge is 1.98. The van der Waals surface area contributed by atoms with E-state index >= 15 is 0 Å². The molecule has 0 radical (unpaired) electrons. The van der Waals surface area contributed by atoms with Crippen molar-refractivity contribution in [1.29, 1.82) is 0 Å². The quantitative estimate of drug-likeness (QED) is 0.661. The van der Waals surface area contributed by atoms with E-state index in [1.807, 2.05) is 13.0 Å². The number of aromatic hydroxyl groups is 1. The second-order valence-electron chi connectivity index (χ2n) is 2.21. The summed E-state index contributed by atoms with van der Waals surface area (Å²) in [5.41, 5.74) is 3.08. The Kier molecular flexibility index (Phi) is 2.44. The molecule has 11 heavy (non-hydrogen) atoms. The summed E-state index contributed by atoms with van der Waals surface area (Å²) in [6, 6.07) is 5.27. The Bertz CT molecular complexity index is 273. The molecular weight excluding hydrogens is 158 g/mol. The number of hydrogen-bond donors (Lipinski definition) is 2. The van der Waals surface area contributed by atoms with Crippen LogP contribution in [0.1, 0.15) is 5.56 Å². The summed E-state index contributed by atoms with van der Waals surface area (Å²) in [6.07, 6.45) is 0. The van der Waals surface area contributed by atoms with Crippen molar-refractivity contribution in [2.45, 2.75) is 6.92 Å². The zero-order valence-electron chi connectivity index (χ0n) is 6.16. The molecule has 0 atom stereocenters. The second-order valence-corrected chi connectivity index (χ2v) is 2.45. The summed E-state index contributed by atoms with van der Waals surface area (Å²) in [5, 5.41) is 12.1. The van der Waals surface area contributed by atoms with Crippen LogP contribution >= 0.6 is 12.2 Å². The minimum atomic E-state index is 0.284. The molecule has 1 aromatic carbocycles. The van der Waals surface area contributed by atoms with E-state index in [0.29, 0.717) is 0 Å². The van der Waals surface area contributed by atoms with Crippen LogP contribution in [0.15, 0.2) is 18.2 Å². The summed E-state index contributed by atoms with van der Waals surface area (Å²) in [6.45, 7) is 1.83. The lowest BCUT2D eigenvalue weighted by molar-refractivity contribution is 0.471. The van der Waals surface area contributed by atoms with Crippen LogP contribution < -0.4 is 5.32 Å². The maximum Gasteiger partial charge on any atom is 0.120 e. The fourth-order valence-corrected chi connectivity index (χ4v) is 0.970. The third kappa shape index (κ3) is 1.68. The van der Waals surface area contributed by atoms with Gasteiger partial charge in [0.05, 0.1) is 5.49 Å². The average Bonchev–Trinajstić information content (AvgIpc) is 1.99. The summed E-state index contributed by atoms with van der Waals surface area (Å²) in [7, 11) is 0. The Balaban J connectivity index is 3.05. The van der Waals surface area contributed by atoms with Gasteiger partial charge in [-0.3, -0.25) is 0 Å². The van der Waals surface area contributed by atoms with Crippen molar-refractivity contribution in [3.8, 4) is 5.75 Å². The number of phenolic OH excluding ortho intramolecular Hbond substituents is 1. The molecule has 0 heterocycles. The van der Waals surface area contributed by atoms with Gasteiger partial charge in [-0.15, -0.1) is 0 Å². The fraction of sp³-hybridized carbons (Fsp3) is 0.125. The second kappa shape index (κ2) is 3.34. The van der Waals surface area contributed by atoms with Crippen molar-refractivity contribution in [2.24, 2.45) is 0 Å². The molecule has 3 heteroatoms. The van der Waals surface area contributed by atoms with Gasteiger partial charge < -0.3 is 10.4 Å². The van der Waals surface area contributed by atoms with Crippen molar-refractivity contribution in [1.82, 2.24) is 0 Å². The highest BCUT2D eigenvalue weighted by atomic mass is 32.1. The van der Waals surface area contributed by atoms with Gasteiger partial charge in [0.15, 0.2) is 0 Å². The van der Waals surface area contributed by atoms with E-state index in [4.69, 9.17) is 0 Å². The summed E-state index contributed by atoms with van der Waals surface area (Å²) >= 11 is 4.62. The molecular formula is C8H9NOS. The van der Waals surface area contributed by atoms with Gasteiger partial charge in [-0.2, -0.15) is 0 Å². The number of benzene rings is 1. The molecule has 1 aromatic rings. The van der Waals surface area contributed by atoms with Gasteiger partial charge in [-0.05, 0) is 19.1 Å². The topological polar surface area (TPSA) is 32.3 Å². The molecule has 0 aliphatic rings. The minimum Gasteiger partial charge on any atom is -0.508 e. The summed E-state index contributed by atoms with van der Waals surface area (Å²) < 4.78 is 0. The van der Waals surface area contributed by atoms with Crippen LogP contribution in [-0.4, -0.2) is 10.6 Å². The molecule has 0 unspecified atom stereocenters. The van der Waals surface area contributed by atoms with E-state index < -0.39 is 0 Å². The standard InChI is InChI=1S/C8H9NOS/c1-6-7(9-5-11)3-2-4-8(6)10/h2-5,10H,1H3,(H,9,11). The molecule has 1 rings (SSSR count). The highest BCUT2D eigenvalue weighted by Crippen LogP contribution is 2.22. The van der Waals surface area contributed by atoms with Crippen molar-refractivity contribution < 1.29 is 5.11 Å². The summed E-state index contributed by atoms with van der Waals surface area (Å²) in [5.74, 6) is 0.284. The molecule has 0 aromatic heterocycles. The lowest BCUT2D eigenvalue weighted by Crippen LogP contribution is -1.94. The van der Waals surface area contributed by atoms with E-state index in [0.717, 1.165) is 11.3 Å². The number of nitrogens with one attached hydrogen (secondary N) is 1. The van der Waals surface area contributed by atoms with E-state index in [1.54, 1.807) is 12.1 Å². The van der Waals surface area contributed by atoms with Gasteiger partial charge in [-0.1, -0.05) is 18.3 Å². The van der Waals surface area contributed by atoms with E-state index in [2.05, 4.69) is 17.5 Å². The van der Waals surface area contributed by atoms with Gasteiger partial charge in [-0.25, -0.2) is 0 Å². The van der Waals surface area contributed by atoms with Crippen LogP contribution in [0.3, 0.4) is 0 Å². The van der Waals surface area contributed by atoms with Crippen LogP contribution in [0.4, 0.5) is 5.69 Å². The molecule has 0 spiro atoms. The van der Waals surface area contributed by atoms with Crippen LogP contribution in [0.5, 0.6) is 5.75 Å². The molecule has 0 aliphatic carbocycles. The predicted molar refractivity (Wildman–Crippen MR) is 50.1 cm³/mol. The summed E-state index contributed by atoms with van der Waals surface area (Å²) in [4.78, 5) is 0. The first-order valence-corrected chi connectivity index (χ1v) is 3.71. The van der Waals surface area contributed by atoms with Crippen LogP contribution in [0.25, 0.3) is 0 Å². The largest absolute Gasteiger partial charge is 0.508 e. The molecule has 0 amide bonds. The SMILES string of the molecule is Cc1c(O)cccc1NC=S. The number of thiocarbonyl (C=S) groups is 1. The number of anilines is 1. The van der Waals surface area contributed by atoms with Crippen LogP contribution in [-0.2, 0) is 0 Å². The highest BCUT2D eigenvalue weighted by molar-refractivity contribution is 7.79. The van der Waals surface area contributed by atoms with Gasteiger partial charge >= 0.3 is 0 Å². The van der Waals surface area contributed by atoms with Crippen LogP contribution in [0, 0.1) is 6.92 Å². The van der Waals surface area contributed by atoms with Gasteiger partial charge in [0.25, 0.3) is 0 Å². The smallest absolute Gasteiger partial charge is 0.120 e.